The molecular weight excluding hydrogens is 204 g/mol. The highest BCUT2D eigenvalue weighted by atomic mass is 16.3. The molecule has 0 bridgehead atoms. The first-order valence-corrected chi connectivity index (χ1v) is 4.94. The van der Waals surface area contributed by atoms with Crippen LogP contribution in [0.1, 0.15) is 11.3 Å². The van der Waals surface area contributed by atoms with Gasteiger partial charge in [-0.25, -0.2) is 5.10 Å². The van der Waals surface area contributed by atoms with Gasteiger partial charge in [-0.05, 0) is 37.1 Å². The van der Waals surface area contributed by atoms with Crippen LogP contribution in [0.5, 0.6) is 5.75 Å². The van der Waals surface area contributed by atoms with Gasteiger partial charge in [0.2, 0.25) is 0 Å². The normalized spacial score (nSPS) is 10.4. The number of aryl methyl sites for hydroxylation is 2. The third-order valence-corrected chi connectivity index (χ3v) is 2.50. The van der Waals surface area contributed by atoms with E-state index in [4.69, 9.17) is 0 Å². The van der Waals surface area contributed by atoms with Gasteiger partial charge in [0, 0.05) is 11.6 Å². The Kier molecular flexibility index (Phi) is 2.48. The molecule has 0 saturated carbocycles. The maximum Gasteiger partial charge on any atom is 0.264 e. The Morgan fingerprint density at radius 1 is 1.19 bits per heavy atom. The summed E-state index contributed by atoms with van der Waals surface area (Å²) in [5.41, 5.74) is 3.15. The maximum absolute atomic E-state index is 11.2. The van der Waals surface area contributed by atoms with E-state index in [9.17, 15) is 9.90 Å². The number of nitrogens with one attached hydrogen (secondary N) is 1. The number of hydrogen-bond acceptors (Lipinski definition) is 3. The highest BCUT2D eigenvalue weighted by Gasteiger charge is 2.07. The Hall–Kier alpha value is -2.10. The van der Waals surface area contributed by atoms with E-state index in [1.165, 1.54) is 6.07 Å². The minimum absolute atomic E-state index is 0.219. The van der Waals surface area contributed by atoms with E-state index < -0.39 is 0 Å². The van der Waals surface area contributed by atoms with Gasteiger partial charge < -0.3 is 5.11 Å². The lowest BCUT2D eigenvalue weighted by molar-refractivity contribution is 0.475. The fourth-order valence-corrected chi connectivity index (χ4v) is 1.69. The van der Waals surface area contributed by atoms with Crippen LogP contribution >= 0.6 is 0 Å². The lowest BCUT2D eigenvalue weighted by Gasteiger charge is -2.07. The van der Waals surface area contributed by atoms with Crippen molar-refractivity contribution in [3.05, 3.63) is 45.9 Å². The minimum atomic E-state index is -0.229. The number of hydrogen-bond donors (Lipinski definition) is 2. The maximum atomic E-state index is 11.2. The molecule has 0 aliphatic heterocycles. The second kappa shape index (κ2) is 3.81. The van der Waals surface area contributed by atoms with E-state index >= 15 is 0 Å². The molecule has 2 rings (SSSR count). The summed E-state index contributed by atoms with van der Waals surface area (Å²) in [5.74, 6) is 0.219. The van der Waals surface area contributed by atoms with Crippen molar-refractivity contribution in [1.82, 2.24) is 10.2 Å². The van der Waals surface area contributed by atoms with Gasteiger partial charge in [0.15, 0.2) is 0 Å². The summed E-state index contributed by atoms with van der Waals surface area (Å²) < 4.78 is 0. The Morgan fingerprint density at radius 2 is 1.94 bits per heavy atom. The van der Waals surface area contributed by atoms with E-state index in [0.717, 1.165) is 22.4 Å². The van der Waals surface area contributed by atoms with E-state index in [1.807, 2.05) is 13.8 Å². The van der Waals surface area contributed by atoms with Gasteiger partial charge in [0.1, 0.15) is 5.75 Å². The molecule has 0 fully saturated rings. The molecule has 0 radical (unpaired) electrons. The Bertz CT molecular complexity index is 588. The van der Waals surface area contributed by atoms with Crippen LogP contribution in [0.2, 0.25) is 0 Å². The second-order valence-electron chi connectivity index (χ2n) is 3.73. The van der Waals surface area contributed by atoms with Crippen LogP contribution in [0.15, 0.2) is 29.1 Å². The lowest BCUT2D eigenvalue weighted by atomic mass is 10.00. The van der Waals surface area contributed by atoms with Gasteiger partial charge in [-0.15, -0.1) is 0 Å². The third kappa shape index (κ3) is 1.82. The van der Waals surface area contributed by atoms with Gasteiger partial charge in [0.05, 0.1) is 5.69 Å². The topological polar surface area (TPSA) is 66.0 Å². The molecule has 1 heterocycles. The first-order valence-electron chi connectivity index (χ1n) is 4.94. The number of aromatic hydroxyl groups is 1. The summed E-state index contributed by atoms with van der Waals surface area (Å²) in [6.07, 6.45) is 0. The first-order chi connectivity index (χ1) is 7.58. The predicted octanol–water partition coefficient (Wildman–Crippen LogP) is 1.76. The van der Waals surface area contributed by atoms with Crippen LogP contribution in [0.25, 0.3) is 11.1 Å². The van der Waals surface area contributed by atoms with Crippen LogP contribution < -0.4 is 5.56 Å². The molecule has 0 aliphatic carbocycles. The van der Waals surface area contributed by atoms with Crippen LogP contribution in [-0.2, 0) is 0 Å². The van der Waals surface area contributed by atoms with Crippen molar-refractivity contribution in [1.29, 1.82) is 0 Å². The third-order valence-electron chi connectivity index (χ3n) is 2.50. The van der Waals surface area contributed by atoms with Crippen molar-refractivity contribution in [2.24, 2.45) is 0 Å². The highest BCUT2D eigenvalue weighted by molar-refractivity contribution is 5.69. The van der Waals surface area contributed by atoms with E-state index in [2.05, 4.69) is 10.2 Å². The number of aromatic nitrogens is 2. The number of nitrogens with zero attached hydrogens (tertiary/aromatic N) is 1. The van der Waals surface area contributed by atoms with E-state index in [0.29, 0.717) is 0 Å². The molecule has 82 valence electrons. The first kappa shape index (κ1) is 10.4. The molecule has 0 amide bonds. The van der Waals surface area contributed by atoms with Crippen molar-refractivity contribution in [2.45, 2.75) is 13.8 Å². The lowest BCUT2D eigenvalue weighted by Crippen LogP contribution is -2.08. The molecule has 2 N–H and O–H groups in total. The quantitative estimate of drug-likeness (QED) is 0.763. The van der Waals surface area contributed by atoms with Gasteiger partial charge in [-0.1, -0.05) is 6.07 Å². The monoisotopic (exact) mass is 216 g/mol. The molecule has 4 nitrogen and oxygen atoms in total. The smallest absolute Gasteiger partial charge is 0.264 e. The summed E-state index contributed by atoms with van der Waals surface area (Å²) in [4.78, 5) is 11.2. The van der Waals surface area contributed by atoms with Gasteiger partial charge in [-0.3, -0.25) is 4.79 Å². The largest absolute Gasteiger partial charge is 0.508 e. The van der Waals surface area contributed by atoms with Gasteiger partial charge in [-0.2, -0.15) is 5.10 Å². The van der Waals surface area contributed by atoms with Gasteiger partial charge in [0.25, 0.3) is 5.56 Å². The molecule has 16 heavy (non-hydrogen) atoms. The van der Waals surface area contributed by atoms with Crippen molar-refractivity contribution >= 4 is 0 Å². The zero-order chi connectivity index (χ0) is 11.7. The SMILES string of the molecule is Cc1cc(O)ccc1-c1cc(=O)[nH]nc1C. The highest BCUT2D eigenvalue weighted by Crippen LogP contribution is 2.26. The molecule has 0 aliphatic rings. The summed E-state index contributed by atoms with van der Waals surface area (Å²) in [5, 5.41) is 15.6. The number of benzene rings is 1. The summed E-state index contributed by atoms with van der Waals surface area (Å²) in [7, 11) is 0. The predicted molar refractivity (Wildman–Crippen MR) is 61.4 cm³/mol. The van der Waals surface area contributed by atoms with Crippen LogP contribution in [0, 0.1) is 13.8 Å². The number of H-pyrrole nitrogens is 1. The molecule has 0 atom stereocenters. The second-order valence-corrected chi connectivity index (χ2v) is 3.73. The zero-order valence-electron chi connectivity index (χ0n) is 9.11. The fraction of sp³-hybridized carbons (Fsp3) is 0.167. The minimum Gasteiger partial charge on any atom is -0.508 e. The van der Waals surface area contributed by atoms with Crippen molar-refractivity contribution in [2.75, 3.05) is 0 Å². The Balaban J connectivity index is 2.67. The molecule has 2 aromatic rings. The molecule has 1 aromatic heterocycles. The zero-order valence-corrected chi connectivity index (χ0v) is 9.11. The number of aromatic amines is 1. The van der Waals surface area contributed by atoms with Gasteiger partial charge >= 0.3 is 0 Å². The summed E-state index contributed by atoms with van der Waals surface area (Å²) >= 11 is 0. The van der Waals surface area contributed by atoms with Crippen molar-refractivity contribution in [3.63, 3.8) is 0 Å². The average molecular weight is 216 g/mol. The molecule has 0 saturated heterocycles. The van der Waals surface area contributed by atoms with Crippen LogP contribution in [0.4, 0.5) is 0 Å². The average Bonchev–Trinajstić information content (AvgIpc) is 2.22. The van der Waals surface area contributed by atoms with E-state index in [-0.39, 0.29) is 11.3 Å². The van der Waals surface area contributed by atoms with Crippen LogP contribution in [0.3, 0.4) is 0 Å². The summed E-state index contributed by atoms with van der Waals surface area (Å²) in [6.45, 7) is 3.72. The molecule has 0 unspecified atom stereocenters. The number of phenols is 1. The standard InChI is InChI=1S/C12H12N2O2/c1-7-5-9(15)3-4-10(7)11-6-12(16)14-13-8(11)2/h3-6,15H,1-2H3,(H,14,16). The van der Waals surface area contributed by atoms with Crippen molar-refractivity contribution < 1.29 is 5.11 Å². The number of phenolic OH excluding ortho intramolecular Hbond substituents is 1. The van der Waals surface area contributed by atoms with E-state index in [1.54, 1.807) is 18.2 Å². The molecular formula is C12H12N2O2. The molecule has 1 aromatic carbocycles. The number of rotatable bonds is 1. The van der Waals surface area contributed by atoms with Crippen molar-refractivity contribution in [3.8, 4) is 16.9 Å². The van der Waals surface area contributed by atoms with Crippen LogP contribution in [-0.4, -0.2) is 15.3 Å². The fourth-order valence-electron chi connectivity index (χ4n) is 1.69. The Labute approximate surface area is 92.6 Å². The molecule has 4 heteroatoms. The Morgan fingerprint density at radius 3 is 2.62 bits per heavy atom. The molecule has 0 spiro atoms. The summed E-state index contributed by atoms with van der Waals surface area (Å²) in [6, 6.07) is 6.56.